The highest BCUT2D eigenvalue weighted by atomic mass is 35.5. The van der Waals surface area contributed by atoms with Gasteiger partial charge in [-0.25, -0.2) is 4.68 Å². The molecular weight excluding hydrogens is 316 g/mol. The van der Waals surface area contributed by atoms with Crippen molar-refractivity contribution < 1.29 is 4.79 Å². The minimum absolute atomic E-state index is 0.0438. The van der Waals surface area contributed by atoms with Gasteiger partial charge in [0.15, 0.2) is 0 Å². The van der Waals surface area contributed by atoms with E-state index in [4.69, 9.17) is 11.6 Å². The van der Waals surface area contributed by atoms with Gasteiger partial charge in [-0.15, -0.1) is 5.10 Å². The van der Waals surface area contributed by atoms with Crippen molar-refractivity contribution in [3.8, 4) is 0 Å². The van der Waals surface area contributed by atoms with Gasteiger partial charge < -0.3 is 4.90 Å². The lowest BCUT2D eigenvalue weighted by Crippen LogP contribution is -2.50. The molecule has 7 nitrogen and oxygen atoms in total. The molecule has 1 aliphatic rings. The number of halogens is 1. The Morgan fingerprint density at radius 1 is 1.26 bits per heavy atom. The Bertz CT molecular complexity index is 654. The standard InChI is InChI=1S/C15H19ClN6O/c1-12(13-4-2-3-5-14(13)16)20-6-8-21(9-7-20)15(23)10-22-11-17-18-19-22/h2-5,11-12H,6-10H2,1H3. The molecule has 122 valence electrons. The van der Waals surface area contributed by atoms with E-state index in [0.29, 0.717) is 13.1 Å². The molecule has 1 aromatic heterocycles. The van der Waals surface area contributed by atoms with Gasteiger partial charge in [-0.1, -0.05) is 29.8 Å². The molecule has 8 heteroatoms. The average Bonchev–Trinajstić information content (AvgIpc) is 3.08. The van der Waals surface area contributed by atoms with Crippen molar-refractivity contribution in [1.82, 2.24) is 30.0 Å². The summed E-state index contributed by atoms with van der Waals surface area (Å²) >= 11 is 6.28. The number of carbonyl (C=O) groups is 1. The average molecular weight is 335 g/mol. The highest BCUT2D eigenvalue weighted by Gasteiger charge is 2.25. The van der Waals surface area contributed by atoms with Crippen LogP contribution in [-0.4, -0.2) is 62.1 Å². The van der Waals surface area contributed by atoms with Gasteiger partial charge in [0, 0.05) is 37.2 Å². The molecule has 1 fully saturated rings. The summed E-state index contributed by atoms with van der Waals surface area (Å²) < 4.78 is 1.45. The summed E-state index contributed by atoms with van der Waals surface area (Å²) in [4.78, 5) is 16.4. The molecule has 2 aromatic rings. The van der Waals surface area contributed by atoms with E-state index < -0.39 is 0 Å². The van der Waals surface area contributed by atoms with Crippen molar-refractivity contribution in [2.45, 2.75) is 19.5 Å². The summed E-state index contributed by atoms with van der Waals surface area (Å²) in [6.45, 7) is 5.40. The molecular formula is C15H19ClN6O. The highest BCUT2D eigenvalue weighted by molar-refractivity contribution is 6.31. The Labute approximate surface area is 139 Å². The van der Waals surface area contributed by atoms with Gasteiger partial charge in [-0.3, -0.25) is 9.69 Å². The van der Waals surface area contributed by atoms with Gasteiger partial charge in [-0.05, 0) is 29.0 Å². The van der Waals surface area contributed by atoms with Crippen LogP contribution in [0.4, 0.5) is 0 Å². The number of hydrogen-bond donors (Lipinski definition) is 0. The molecule has 2 heterocycles. The first-order valence-electron chi connectivity index (χ1n) is 7.62. The molecule has 0 bridgehead atoms. The van der Waals surface area contributed by atoms with Crippen molar-refractivity contribution >= 4 is 17.5 Å². The molecule has 0 aliphatic carbocycles. The number of nitrogens with zero attached hydrogens (tertiary/aromatic N) is 6. The van der Waals surface area contributed by atoms with E-state index in [1.807, 2.05) is 23.1 Å². The topological polar surface area (TPSA) is 67.2 Å². The Kier molecular flexibility index (Phi) is 4.88. The largest absolute Gasteiger partial charge is 0.339 e. The smallest absolute Gasteiger partial charge is 0.244 e. The molecule has 1 atom stereocenters. The van der Waals surface area contributed by atoms with Crippen molar-refractivity contribution in [3.05, 3.63) is 41.2 Å². The quantitative estimate of drug-likeness (QED) is 0.841. The van der Waals surface area contributed by atoms with Crippen LogP contribution in [0.25, 0.3) is 0 Å². The highest BCUT2D eigenvalue weighted by Crippen LogP contribution is 2.27. The van der Waals surface area contributed by atoms with Crippen LogP contribution in [0.3, 0.4) is 0 Å². The summed E-state index contributed by atoms with van der Waals surface area (Å²) in [5.41, 5.74) is 1.13. The number of amides is 1. The van der Waals surface area contributed by atoms with E-state index in [9.17, 15) is 4.79 Å². The Morgan fingerprint density at radius 2 is 2.00 bits per heavy atom. The lowest BCUT2D eigenvalue weighted by molar-refractivity contribution is -0.134. The molecule has 0 saturated carbocycles. The molecule has 1 unspecified atom stereocenters. The van der Waals surface area contributed by atoms with E-state index in [0.717, 1.165) is 23.7 Å². The van der Waals surface area contributed by atoms with Crippen LogP contribution >= 0.6 is 11.6 Å². The number of aromatic nitrogens is 4. The molecule has 1 aliphatic heterocycles. The van der Waals surface area contributed by atoms with Gasteiger partial charge in [0.1, 0.15) is 12.9 Å². The second-order valence-corrected chi connectivity index (χ2v) is 6.03. The number of piperazine rings is 1. The second-order valence-electron chi connectivity index (χ2n) is 5.62. The zero-order valence-electron chi connectivity index (χ0n) is 13.0. The van der Waals surface area contributed by atoms with E-state index >= 15 is 0 Å². The predicted molar refractivity (Wildman–Crippen MR) is 85.8 cm³/mol. The van der Waals surface area contributed by atoms with Gasteiger partial charge in [0.2, 0.25) is 5.91 Å². The van der Waals surface area contributed by atoms with E-state index in [2.05, 4.69) is 33.4 Å². The van der Waals surface area contributed by atoms with Crippen LogP contribution < -0.4 is 0 Å². The monoisotopic (exact) mass is 334 g/mol. The predicted octanol–water partition coefficient (Wildman–Crippen LogP) is 1.23. The maximum Gasteiger partial charge on any atom is 0.244 e. The first-order valence-corrected chi connectivity index (χ1v) is 8.00. The zero-order valence-corrected chi connectivity index (χ0v) is 13.7. The SMILES string of the molecule is CC(c1ccccc1Cl)N1CCN(C(=O)Cn2cnnn2)CC1. The van der Waals surface area contributed by atoms with Crippen LogP contribution in [0.1, 0.15) is 18.5 Å². The second kappa shape index (κ2) is 7.06. The lowest BCUT2D eigenvalue weighted by atomic mass is 10.1. The molecule has 0 radical (unpaired) electrons. The first kappa shape index (κ1) is 15.9. The molecule has 0 spiro atoms. The van der Waals surface area contributed by atoms with Gasteiger partial charge in [0.25, 0.3) is 0 Å². The molecule has 3 rings (SSSR count). The van der Waals surface area contributed by atoms with Crippen LogP contribution in [0.5, 0.6) is 0 Å². The molecule has 1 aromatic carbocycles. The lowest BCUT2D eigenvalue weighted by Gasteiger charge is -2.38. The number of tetrazole rings is 1. The Hall–Kier alpha value is -1.99. The third-order valence-corrected chi connectivity index (χ3v) is 4.60. The minimum atomic E-state index is 0.0438. The van der Waals surface area contributed by atoms with E-state index in [-0.39, 0.29) is 18.5 Å². The number of carbonyl (C=O) groups excluding carboxylic acids is 1. The molecule has 0 N–H and O–H groups in total. The van der Waals surface area contributed by atoms with Crippen LogP contribution in [0, 0.1) is 0 Å². The third kappa shape index (κ3) is 3.68. The maximum atomic E-state index is 12.2. The Morgan fingerprint density at radius 3 is 2.65 bits per heavy atom. The molecule has 23 heavy (non-hydrogen) atoms. The van der Waals surface area contributed by atoms with Crippen LogP contribution in [-0.2, 0) is 11.3 Å². The minimum Gasteiger partial charge on any atom is -0.339 e. The summed E-state index contributed by atoms with van der Waals surface area (Å²) in [5, 5.41) is 11.6. The fourth-order valence-corrected chi connectivity index (χ4v) is 3.15. The summed E-state index contributed by atoms with van der Waals surface area (Å²) in [6.07, 6.45) is 1.45. The van der Waals surface area contributed by atoms with Crippen molar-refractivity contribution in [2.24, 2.45) is 0 Å². The van der Waals surface area contributed by atoms with Crippen LogP contribution in [0.2, 0.25) is 5.02 Å². The van der Waals surface area contributed by atoms with Crippen molar-refractivity contribution in [1.29, 1.82) is 0 Å². The summed E-state index contributed by atoms with van der Waals surface area (Å²) in [5.74, 6) is 0.0438. The fraction of sp³-hybridized carbons (Fsp3) is 0.467. The van der Waals surface area contributed by atoms with Crippen LogP contribution in [0.15, 0.2) is 30.6 Å². The normalized spacial score (nSPS) is 17.2. The molecule has 1 saturated heterocycles. The summed E-state index contributed by atoms with van der Waals surface area (Å²) in [7, 11) is 0. The van der Waals surface area contributed by atoms with Crippen molar-refractivity contribution in [2.75, 3.05) is 26.2 Å². The van der Waals surface area contributed by atoms with E-state index in [1.165, 1.54) is 11.0 Å². The fourth-order valence-electron chi connectivity index (χ4n) is 2.86. The van der Waals surface area contributed by atoms with Gasteiger partial charge >= 0.3 is 0 Å². The number of rotatable bonds is 4. The van der Waals surface area contributed by atoms with Gasteiger partial charge in [0.05, 0.1) is 0 Å². The van der Waals surface area contributed by atoms with E-state index in [1.54, 1.807) is 0 Å². The first-order chi connectivity index (χ1) is 11.1. The third-order valence-electron chi connectivity index (χ3n) is 4.26. The maximum absolute atomic E-state index is 12.2. The number of benzene rings is 1. The number of hydrogen-bond acceptors (Lipinski definition) is 5. The van der Waals surface area contributed by atoms with Gasteiger partial charge in [-0.2, -0.15) is 0 Å². The Balaban J connectivity index is 1.56. The van der Waals surface area contributed by atoms with Crippen molar-refractivity contribution in [3.63, 3.8) is 0 Å². The molecule has 1 amide bonds. The zero-order chi connectivity index (χ0) is 16.2. The summed E-state index contributed by atoms with van der Waals surface area (Å²) in [6, 6.07) is 8.15.